The van der Waals surface area contributed by atoms with Crippen molar-refractivity contribution in [3.05, 3.63) is 65.7 Å². The maximum Gasteiger partial charge on any atom is 0.573 e. The minimum atomic E-state index is -4.76. The average molecular weight is 416 g/mol. The van der Waals surface area contributed by atoms with Gasteiger partial charge in [0.25, 0.3) is 0 Å². The Morgan fingerprint density at radius 3 is 2.47 bits per heavy atom. The van der Waals surface area contributed by atoms with Crippen molar-refractivity contribution in [3.8, 4) is 17.0 Å². The fourth-order valence-corrected chi connectivity index (χ4v) is 2.86. The van der Waals surface area contributed by atoms with E-state index in [4.69, 9.17) is 0 Å². The fourth-order valence-electron chi connectivity index (χ4n) is 2.86. The number of nitrogens with zero attached hydrogens (tertiary/aromatic N) is 2. The van der Waals surface area contributed by atoms with E-state index in [-0.39, 0.29) is 11.8 Å². The maximum atomic E-state index is 12.6. The summed E-state index contributed by atoms with van der Waals surface area (Å²) in [6, 6.07) is 15.5. The standard InChI is InChI=1S/C22H23F3N4O/c1-14(2)27-21-28-19(16-9-6-10-18(11-16)30-22(23,24)25)12-20(29-21)26-13-17-8-5-4-7-15(17)3/h4-12,14H,13H2,1-3H3,(H2,26,27,28,29). The van der Waals surface area contributed by atoms with E-state index in [1.54, 1.807) is 12.1 Å². The fraction of sp³-hybridized carbons (Fsp3) is 0.273. The molecule has 0 aliphatic heterocycles. The van der Waals surface area contributed by atoms with Gasteiger partial charge in [-0.3, -0.25) is 0 Å². The molecule has 30 heavy (non-hydrogen) atoms. The highest BCUT2D eigenvalue weighted by atomic mass is 19.4. The summed E-state index contributed by atoms with van der Waals surface area (Å²) in [5, 5.41) is 6.42. The van der Waals surface area contributed by atoms with E-state index in [9.17, 15) is 13.2 Å². The van der Waals surface area contributed by atoms with Crippen LogP contribution in [-0.4, -0.2) is 22.4 Å². The smallest absolute Gasteiger partial charge is 0.406 e. The number of anilines is 2. The first-order valence-corrected chi connectivity index (χ1v) is 9.50. The van der Waals surface area contributed by atoms with Crippen molar-refractivity contribution >= 4 is 11.8 Å². The zero-order chi connectivity index (χ0) is 21.7. The highest BCUT2D eigenvalue weighted by Crippen LogP contribution is 2.29. The number of aryl methyl sites for hydroxylation is 1. The van der Waals surface area contributed by atoms with E-state index < -0.39 is 6.36 Å². The van der Waals surface area contributed by atoms with Gasteiger partial charge in [0.2, 0.25) is 5.95 Å². The minimum absolute atomic E-state index is 0.0874. The molecule has 0 bridgehead atoms. The van der Waals surface area contributed by atoms with Crippen LogP contribution in [0.15, 0.2) is 54.6 Å². The van der Waals surface area contributed by atoms with Gasteiger partial charge in [-0.25, -0.2) is 4.98 Å². The number of hydrogen-bond acceptors (Lipinski definition) is 5. The van der Waals surface area contributed by atoms with Crippen LogP contribution in [0.2, 0.25) is 0 Å². The number of benzene rings is 2. The number of aromatic nitrogens is 2. The molecular formula is C22H23F3N4O. The molecule has 3 rings (SSSR count). The highest BCUT2D eigenvalue weighted by molar-refractivity contribution is 5.66. The normalized spacial score (nSPS) is 11.4. The van der Waals surface area contributed by atoms with Crippen molar-refractivity contribution in [2.75, 3.05) is 10.6 Å². The molecule has 2 N–H and O–H groups in total. The van der Waals surface area contributed by atoms with Crippen LogP contribution in [0.5, 0.6) is 5.75 Å². The van der Waals surface area contributed by atoms with Crippen LogP contribution in [-0.2, 0) is 6.54 Å². The molecule has 2 aromatic carbocycles. The molecule has 8 heteroatoms. The lowest BCUT2D eigenvalue weighted by atomic mass is 10.1. The van der Waals surface area contributed by atoms with Crippen LogP contribution in [0, 0.1) is 6.92 Å². The van der Waals surface area contributed by atoms with E-state index in [0.717, 1.165) is 11.1 Å². The molecule has 3 aromatic rings. The Labute approximate surface area is 173 Å². The summed E-state index contributed by atoms with van der Waals surface area (Å²) in [5.41, 5.74) is 3.24. The van der Waals surface area contributed by atoms with E-state index in [1.807, 2.05) is 45.0 Å². The third-order valence-corrected chi connectivity index (χ3v) is 4.23. The Morgan fingerprint density at radius 1 is 1.00 bits per heavy atom. The molecule has 1 heterocycles. The van der Waals surface area contributed by atoms with Gasteiger partial charge in [-0.15, -0.1) is 13.2 Å². The molecule has 0 aliphatic carbocycles. The lowest BCUT2D eigenvalue weighted by Crippen LogP contribution is -2.17. The molecule has 5 nitrogen and oxygen atoms in total. The molecule has 0 saturated heterocycles. The van der Waals surface area contributed by atoms with Crippen molar-refractivity contribution in [3.63, 3.8) is 0 Å². The molecule has 0 amide bonds. The largest absolute Gasteiger partial charge is 0.573 e. The maximum absolute atomic E-state index is 12.6. The Balaban J connectivity index is 1.91. The number of alkyl halides is 3. The molecule has 158 valence electrons. The van der Waals surface area contributed by atoms with E-state index in [1.165, 1.54) is 18.2 Å². The average Bonchev–Trinajstić information content (AvgIpc) is 2.65. The van der Waals surface area contributed by atoms with Gasteiger partial charge in [-0.2, -0.15) is 4.98 Å². The SMILES string of the molecule is Cc1ccccc1CNc1cc(-c2cccc(OC(F)(F)F)c2)nc(NC(C)C)n1. The van der Waals surface area contributed by atoms with Crippen LogP contribution in [0.4, 0.5) is 24.9 Å². The molecule has 0 spiro atoms. The minimum Gasteiger partial charge on any atom is -0.406 e. The number of rotatable bonds is 7. The van der Waals surface area contributed by atoms with Crippen LogP contribution >= 0.6 is 0 Å². The molecule has 1 aromatic heterocycles. The first-order chi connectivity index (χ1) is 14.2. The van der Waals surface area contributed by atoms with Gasteiger partial charge in [0.1, 0.15) is 11.6 Å². The van der Waals surface area contributed by atoms with Crippen molar-refractivity contribution in [1.82, 2.24) is 9.97 Å². The summed E-state index contributed by atoms with van der Waals surface area (Å²) in [5.74, 6) is 0.650. The molecule has 0 fully saturated rings. The number of halogens is 3. The zero-order valence-corrected chi connectivity index (χ0v) is 16.9. The predicted octanol–water partition coefficient (Wildman–Crippen LogP) is 5.78. The number of ether oxygens (including phenoxy) is 1. The van der Waals surface area contributed by atoms with Crippen LogP contribution in [0.3, 0.4) is 0 Å². The van der Waals surface area contributed by atoms with Crippen LogP contribution in [0.1, 0.15) is 25.0 Å². The second-order valence-electron chi connectivity index (χ2n) is 7.12. The second kappa shape index (κ2) is 9.02. The van der Waals surface area contributed by atoms with Gasteiger partial charge < -0.3 is 15.4 Å². The lowest BCUT2D eigenvalue weighted by Gasteiger charge is -2.14. The van der Waals surface area contributed by atoms with Crippen LogP contribution in [0.25, 0.3) is 11.3 Å². The van der Waals surface area contributed by atoms with E-state index >= 15 is 0 Å². The van der Waals surface area contributed by atoms with Gasteiger partial charge in [-0.05, 0) is 44.0 Å². The summed E-state index contributed by atoms with van der Waals surface area (Å²) >= 11 is 0. The Hall–Kier alpha value is -3.29. The third kappa shape index (κ3) is 6.10. The molecule has 0 aliphatic rings. The van der Waals surface area contributed by atoms with Gasteiger partial charge in [0.15, 0.2) is 0 Å². The van der Waals surface area contributed by atoms with E-state index in [0.29, 0.717) is 29.6 Å². The lowest BCUT2D eigenvalue weighted by molar-refractivity contribution is -0.274. The molecular weight excluding hydrogens is 393 g/mol. The summed E-state index contributed by atoms with van der Waals surface area (Å²) in [6.07, 6.45) is -4.76. The predicted molar refractivity (Wildman–Crippen MR) is 111 cm³/mol. The first kappa shape index (κ1) is 21.4. The summed E-state index contributed by atoms with van der Waals surface area (Å²) < 4.78 is 41.8. The zero-order valence-electron chi connectivity index (χ0n) is 16.9. The summed E-state index contributed by atoms with van der Waals surface area (Å²) in [6.45, 7) is 6.49. The Morgan fingerprint density at radius 2 is 1.77 bits per heavy atom. The van der Waals surface area contributed by atoms with Gasteiger partial charge in [0.05, 0.1) is 5.69 Å². The topological polar surface area (TPSA) is 59.1 Å². The number of hydrogen-bond donors (Lipinski definition) is 2. The van der Waals surface area contributed by atoms with E-state index in [2.05, 4.69) is 25.3 Å². The van der Waals surface area contributed by atoms with Crippen molar-refractivity contribution in [2.45, 2.75) is 39.7 Å². The van der Waals surface area contributed by atoms with Gasteiger partial charge in [0, 0.05) is 24.2 Å². The molecule has 0 radical (unpaired) electrons. The van der Waals surface area contributed by atoms with Gasteiger partial charge in [-0.1, -0.05) is 36.4 Å². The summed E-state index contributed by atoms with van der Waals surface area (Å²) in [7, 11) is 0. The molecule has 0 atom stereocenters. The Bertz CT molecular complexity index is 1010. The monoisotopic (exact) mass is 416 g/mol. The Kier molecular flexibility index (Phi) is 6.44. The quantitative estimate of drug-likeness (QED) is 0.511. The third-order valence-electron chi connectivity index (χ3n) is 4.23. The summed E-state index contributed by atoms with van der Waals surface area (Å²) in [4.78, 5) is 8.94. The highest BCUT2D eigenvalue weighted by Gasteiger charge is 2.31. The van der Waals surface area contributed by atoms with Crippen molar-refractivity contribution in [1.29, 1.82) is 0 Å². The number of nitrogens with one attached hydrogen (secondary N) is 2. The van der Waals surface area contributed by atoms with Crippen molar-refractivity contribution in [2.24, 2.45) is 0 Å². The molecule has 0 unspecified atom stereocenters. The van der Waals surface area contributed by atoms with Gasteiger partial charge >= 0.3 is 6.36 Å². The van der Waals surface area contributed by atoms with Crippen LogP contribution < -0.4 is 15.4 Å². The second-order valence-corrected chi connectivity index (χ2v) is 7.12. The van der Waals surface area contributed by atoms with Crippen molar-refractivity contribution < 1.29 is 17.9 Å². The first-order valence-electron chi connectivity index (χ1n) is 9.50. The molecule has 0 saturated carbocycles.